The third kappa shape index (κ3) is 2.10. The van der Waals surface area contributed by atoms with Crippen LogP contribution in [-0.4, -0.2) is 0 Å². The molecule has 12 heavy (non-hydrogen) atoms. The van der Waals surface area contributed by atoms with E-state index in [0.717, 1.165) is 3.43 Å². The van der Waals surface area contributed by atoms with Crippen molar-refractivity contribution in [3.63, 3.8) is 0 Å². The van der Waals surface area contributed by atoms with Crippen LogP contribution >= 0.6 is 0 Å². The zero-order chi connectivity index (χ0) is 8.23. The molecule has 0 nitrogen and oxygen atoms in total. The molecule has 1 heterocycles. The molecule has 1 aliphatic rings. The first-order valence-corrected chi connectivity index (χ1v) is 12.1. The van der Waals surface area contributed by atoms with E-state index in [1.807, 2.05) is 0 Å². The molecule has 1 heteroatoms. The first kappa shape index (κ1) is 8.74. The molecule has 2 rings (SSSR count). The first-order valence-electron chi connectivity index (χ1n) is 5.02. The van der Waals surface area contributed by atoms with Gasteiger partial charge < -0.3 is 0 Å². The van der Waals surface area contributed by atoms with Gasteiger partial charge in [-0.1, -0.05) is 0 Å². The predicted molar refractivity (Wildman–Crippen MR) is 47.8 cm³/mol. The van der Waals surface area contributed by atoms with Crippen LogP contribution in [0.2, 0.25) is 3.93 Å². The molecule has 0 amide bonds. The van der Waals surface area contributed by atoms with Crippen LogP contribution in [0, 0.1) is 0 Å². The molecule has 0 spiro atoms. The second kappa shape index (κ2) is 4.41. The van der Waals surface area contributed by atoms with Crippen molar-refractivity contribution < 1.29 is 24.6 Å². The summed E-state index contributed by atoms with van der Waals surface area (Å²) in [4.78, 5) is 0. The molecule has 1 aromatic rings. The molecular weight excluding hydrogens is 333 g/mol. The zero-order valence-electron chi connectivity index (χ0n) is 7.50. The fraction of sp³-hybridized carbons (Fsp3) is 0.455. The van der Waals surface area contributed by atoms with Gasteiger partial charge in [0.25, 0.3) is 0 Å². The molecule has 0 N–H and O–H groups in total. The Morgan fingerprint density at radius 2 is 1.92 bits per heavy atom. The Labute approximate surface area is 86.8 Å². The standard InChI is InChI=1S/C11H14.Hg/c1-2-3-5-8-11-9-6-4-7-10-11;/h4,6-10H,1-3,5H2;. The average Bonchev–Trinajstić information content (AvgIpc) is 2.21. The quantitative estimate of drug-likeness (QED) is 0.684. The van der Waals surface area contributed by atoms with Crippen LogP contribution in [0.15, 0.2) is 30.3 Å². The Morgan fingerprint density at radius 1 is 1.08 bits per heavy atom. The molecule has 1 fully saturated rings. The van der Waals surface area contributed by atoms with Crippen molar-refractivity contribution in [1.29, 1.82) is 0 Å². The Morgan fingerprint density at radius 3 is 2.58 bits per heavy atom. The Bertz CT molecular complexity index is 224. The van der Waals surface area contributed by atoms with Crippen molar-refractivity contribution >= 4 is 0 Å². The van der Waals surface area contributed by atoms with E-state index in [1.165, 1.54) is 12.8 Å². The number of hydrogen-bond donors (Lipinski definition) is 0. The summed E-state index contributed by atoms with van der Waals surface area (Å²) < 4.78 is 2.74. The Hall–Kier alpha value is 0.155. The van der Waals surface area contributed by atoms with Crippen molar-refractivity contribution in [1.82, 2.24) is 0 Å². The van der Waals surface area contributed by atoms with Crippen LogP contribution in [-0.2, 0) is 24.6 Å². The van der Waals surface area contributed by atoms with Crippen molar-refractivity contribution in [3.8, 4) is 0 Å². The van der Waals surface area contributed by atoms with E-state index in [0.29, 0.717) is 0 Å². The minimum atomic E-state index is -0.485. The van der Waals surface area contributed by atoms with Gasteiger partial charge in [-0.25, -0.2) is 0 Å². The van der Waals surface area contributed by atoms with Crippen LogP contribution < -0.4 is 0 Å². The van der Waals surface area contributed by atoms with Gasteiger partial charge in [-0.15, -0.1) is 0 Å². The van der Waals surface area contributed by atoms with E-state index in [4.69, 9.17) is 0 Å². The van der Waals surface area contributed by atoms with Crippen molar-refractivity contribution in [2.75, 3.05) is 0 Å². The summed E-state index contributed by atoms with van der Waals surface area (Å²) in [6, 6.07) is 11.2. The van der Waals surface area contributed by atoms with Gasteiger partial charge in [-0.3, -0.25) is 0 Å². The molecule has 1 aliphatic heterocycles. The topological polar surface area (TPSA) is 0 Å². The van der Waals surface area contributed by atoms with Gasteiger partial charge in [0.1, 0.15) is 0 Å². The summed E-state index contributed by atoms with van der Waals surface area (Å²) in [5, 5.41) is 0. The van der Waals surface area contributed by atoms with Crippen LogP contribution in [0.1, 0.15) is 28.3 Å². The van der Waals surface area contributed by atoms with Crippen molar-refractivity contribution in [2.24, 2.45) is 0 Å². The van der Waals surface area contributed by atoms with E-state index < -0.39 is 24.6 Å². The summed E-state index contributed by atoms with van der Waals surface area (Å²) in [5.74, 6) is 0. The maximum absolute atomic E-state index is 2.33. The molecule has 1 saturated heterocycles. The summed E-state index contributed by atoms with van der Waals surface area (Å²) >= 11 is -0.485. The molecule has 1 atom stereocenters. The van der Waals surface area contributed by atoms with Crippen LogP contribution in [0.5, 0.6) is 0 Å². The zero-order valence-corrected chi connectivity index (χ0v) is 13.0. The SMILES string of the molecule is c1ccc([CH]2CCC[CH2][Hg]2)cc1. The fourth-order valence-electron chi connectivity index (χ4n) is 2.16. The monoisotopic (exact) mass is 348 g/mol. The fourth-order valence-corrected chi connectivity index (χ4v) is 11.2. The van der Waals surface area contributed by atoms with Crippen LogP contribution in [0.25, 0.3) is 0 Å². The second-order valence-electron chi connectivity index (χ2n) is 3.75. The van der Waals surface area contributed by atoms with Gasteiger partial charge in [0, 0.05) is 0 Å². The predicted octanol–water partition coefficient (Wildman–Crippen LogP) is 3.41. The maximum atomic E-state index is 2.33. The summed E-state index contributed by atoms with van der Waals surface area (Å²) in [6.45, 7) is 0. The molecular formula is C11H14Hg. The van der Waals surface area contributed by atoms with Crippen molar-refractivity contribution in [3.05, 3.63) is 35.9 Å². The Balaban J connectivity index is 2.08. The second-order valence-corrected chi connectivity index (χ2v) is 12.6. The average molecular weight is 347 g/mol. The molecule has 1 aromatic carbocycles. The molecule has 0 aliphatic carbocycles. The molecule has 0 aromatic heterocycles. The van der Waals surface area contributed by atoms with Gasteiger partial charge in [0.05, 0.1) is 0 Å². The van der Waals surface area contributed by atoms with E-state index in [-0.39, 0.29) is 0 Å². The van der Waals surface area contributed by atoms with Crippen molar-refractivity contribution in [2.45, 2.75) is 26.6 Å². The molecule has 0 saturated carbocycles. The number of hydrogen-bond acceptors (Lipinski definition) is 0. The molecule has 60 valence electrons. The van der Waals surface area contributed by atoms with Crippen LogP contribution in [0.3, 0.4) is 0 Å². The van der Waals surface area contributed by atoms with Gasteiger partial charge in [-0.2, -0.15) is 0 Å². The molecule has 0 bridgehead atoms. The van der Waals surface area contributed by atoms with Gasteiger partial charge in [-0.05, 0) is 0 Å². The summed E-state index contributed by atoms with van der Waals surface area (Å²) in [5.41, 5.74) is 1.65. The third-order valence-electron chi connectivity index (χ3n) is 2.88. The van der Waals surface area contributed by atoms with E-state index in [1.54, 1.807) is 15.9 Å². The van der Waals surface area contributed by atoms with Crippen LogP contribution in [0.4, 0.5) is 0 Å². The molecule has 1 unspecified atom stereocenters. The third-order valence-corrected chi connectivity index (χ3v) is 12.5. The number of benzene rings is 1. The van der Waals surface area contributed by atoms with Gasteiger partial charge >= 0.3 is 87.1 Å². The summed E-state index contributed by atoms with van der Waals surface area (Å²) in [6.07, 6.45) is 4.54. The van der Waals surface area contributed by atoms with E-state index >= 15 is 0 Å². The van der Waals surface area contributed by atoms with E-state index in [2.05, 4.69) is 30.3 Å². The van der Waals surface area contributed by atoms with Gasteiger partial charge in [0.15, 0.2) is 0 Å². The molecule has 0 radical (unpaired) electrons. The van der Waals surface area contributed by atoms with E-state index in [9.17, 15) is 0 Å². The number of rotatable bonds is 1. The minimum absolute atomic E-state index is 0.485. The first-order chi connectivity index (χ1) is 5.97. The normalized spacial score (nSPS) is 22.5. The van der Waals surface area contributed by atoms with Gasteiger partial charge in [0.2, 0.25) is 0 Å². The Kier molecular flexibility index (Phi) is 3.21. The summed E-state index contributed by atoms with van der Waals surface area (Å²) in [7, 11) is 0.